The Morgan fingerprint density at radius 3 is 3.17 bits per heavy atom. The van der Waals surface area contributed by atoms with Crippen molar-refractivity contribution in [3.05, 3.63) is 40.9 Å². The van der Waals surface area contributed by atoms with E-state index in [2.05, 4.69) is 20.7 Å². The van der Waals surface area contributed by atoms with Gasteiger partial charge in [0.1, 0.15) is 18.4 Å². The van der Waals surface area contributed by atoms with E-state index < -0.39 is 0 Å². The minimum absolute atomic E-state index is 0.0713. The van der Waals surface area contributed by atoms with Crippen molar-refractivity contribution in [1.29, 1.82) is 0 Å². The normalized spacial score (nSPS) is 14.0. The van der Waals surface area contributed by atoms with E-state index in [4.69, 9.17) is 16.3 Å². The molecule has 0 aliphatic carbocycles. The fourth-order valence-electron chi connectivity index (χ4n) is 2.58. The molecule has 0 bridgehead atoms. The SMILES string of the molecule is C[C@@H](Cn1cncn1)NC(=O)NCc1cc(Cl)cc2c1OCC2. The van der Waals surface area contributed by atoms with Gasteiger partial charge in [-0.25, -0.2) is 9.78 Å². The number of aromatic nitrogens is 3. The highest BCUT2D eigenvalue weighted by atomic mass is 35.5. The lowest BCUT2D eigenvalue weighted by Crippen LogP contribution is -2.42. The van der Waals surface area contributed by atoms with E-state index in [1.54, 1.807) is 11.0 Å². The highest BCUT2D eigenvalue weighted by Crippen LogP contribution is 2.32. The van der Waals surface area contributed by atoms with Crippen LogP contribution in [0.5, 0.6) is 5.75 Å². The number of hydrogen-bond acceptors (Lipinski definition) is 4. The molecule has 0 unspecified atom stereocenters. The summed E-state index contributed by atoms with van der Waals surface area (Å²) in [7, 11) is 0. The lowest BCUT2D eigenvalue weighted by Gasteiger charge is -2.15. The number of amides is 2. The monoisotopic (exact) mass is 335 g/mol. The fourth-order valence-corrected chi connectivity index (χ4v) is 2.84. The molecule has 0 spiro atoms. The van der Waals surface area contributed by atoms with Crippen molar-refractivity contribution in [2.75, 3.05) is 6.61 Å². The molecule has 3 rings (SSSR count). The summed E-state index contributed by atoms with van der Waals surface area (Å²) in [6.07, 6.45) is 3.93. The van der Waals surface area contributed by atoms with Crippen molar-refractivity contribution < 1.29 is 9.53 Å². The van der Waals surface area contributed by atoms with Gasteiger partial charge < -0.3 is 15.4 Å². The molecule has 8 heteroatoms. The first-order chi connectivity index (χ1) is 11.1. The van der Waals surface area contributed by atoms with Crippen molar-refractivity contribution >= 4 is 17.6 Å². The molecule has 0 fully saturated rings. The summed E-state index contributed by atoms with van der Waals surface area (Å²) in [5.74, 6) is 0.838. The van der Waals surface area contributed by atoms with Gasteiger partial charge in [0.25, 0.3) is 0 Å². The average Bonchev–Trinajstić information content (AvgIpc) is 3.15. The quantitative estimate of drug-likeness (QED) is 0.872. The maximum absolute atomic E-state index is 12.0. The highest BCUT2D eigenvalue weighted by Gasteiger charge is 2.18. The summed E-state index contributed by atoms with van der Waals surface area (Å²) >= 11 is 6.11. The molecule has 0 saturated heterocycles. The van der Waals surface area contributed by atoms with Crippen LogP contribution in [0.15, 0.2) is 24.8 Å². The van der Waals surface area contributed by atoms with E-state index >= 15 is 0 Å². The van der Waals surface area contributed by atoms with Gasteiger partial charge in [-0.15, -0.1) is 0 Å². The summed E-state index contributed by atoms with van der Waals surface area (Å²) in [5, 5.41) is 10.4. The molecule has 1 atom stereocenters. The molecule has 2 heterocycles. The molecule has 2 amide bonds. The number of ether oxygens (including phenoxy) is 1. The molecule has 122 valence electrons. The van der Waals surface area contributed by atoms with E-state index in [-0.39, 0.29) is 12.1 Å². The Kier molecular flexibility index (Phi) is 4.66. The second kappa shape index (κ2) is 6.87. The molecule has 1 aliphatic rings. The van der Waals surface area contributed by atoms with Gasteiger partial charge in [-0.1, -0.05) is 11.6 Å². The van der Waals surface area contributed by atoms with Crippen LogP contribution < -0.4 is 15.4 Å². The van der Waals surface area contributed by atoms with Gasteiger partial charge in [0.2, 0.25) is 0 Å². The number of urea groups is 1. The second-order valence-corrected chi connectivity index (χ2v) is 5.93. The van der Waals surface area contributed by atoms with Gasteiger partial charge >= 0.3 is 6.03 Å². The van der Waals surface area contributed by atoms with Gasteiger partial charge in [-0.3, -0.25) is 4.68 Å². The Morgan fingerprint density at radius 2 is 2.39 bits per heavy atom. The van der Waals surface area contributed by atoms with E-state index in [0.29, 0.717) is 24.7 Å². The molecular weight excluding hydrogens is 318 g/mol. The van der Waals surface area contributed by atoms with Crippen LogP contribution in [0.3, 0.4) is 0 Å². The van der Waals surface area contributed by atoms with Crippen molar-refractivity contribution in [2.45, 2.75) is 32.5 Å². The van der Waals surface area contributed by atoms with E-state index in [0.717, 1.165) is 23.3 Å². The molecule has 2 N–H and O–H groups in total. The molecule has 7 nitrogen and oxygen atoms in total. The van der Waals surface area contributed by atoms with E-state index in [9.17, 15) is 4.79 Å². The van der Waals surface area contributed by atoms with Crippen LogP contribution in [0.1, 0.15) is 18.1 Å². The number of carbonyl (C=O) groups excluding carboxylic acids is 1. The summed E-state index contributed by atoms with van der Waals surface area (Å²) in [4.78, 5) is 15.9. The van der Waals surface area contributed by atoms with Gasteiger partial charge in [0, 0.05) is 29.6 Å². The maximum Gasteiger partial charge on any atom is 0.315 e. The first-order valence-corrected chi connectivity index (χ1v) is 7.80. The van der Waals surface area contributed by atoms with Crippen molar-refractivity contribution in [3.63, 3.8) is 0 Å². The van der Waals surface area contributed by atoms with Crippen LogP contribution in [0, 0.1) is 0 Å². The maximum atomic E-state index is 12.0. The largest absolute Gasteiger partial charge is 0.493 e. The second-order valence-electron chi connectivity index (χ2n) is 5.50. The van der Waals surface area contributed by atoms with Crippen molar-refractivity contribution in [3.8, 4) is 5.75 Å². The van der Waals surface area contributed by atoms with Crippen LogP contribution in [-0.4, -0.2) is 33.4 Å². The topological polar surface area (TPSA) is 81.1 Å². The van der Waals surface area contributed by atoms with E-state index in [1.165, 1.54) is 6.33 Å². The molecule has 1 aromatic carbocycles. The molecule has 0 saturated carbocycles. The Bertz CT molecular complexity index is 689. The third kappa shape index (κ3) is 3.92. The zero-order valence-corrected chi connectivity index (χ0v) is 13.5. The fraction of sp³-hybridized carbons (Fsp3) is 0.400. The Hall–Kier alpha value is -2.28. The first-order valence-electron chi connectivity index (χ1n) is 7.42. The highest BCUT2D eigenvalue weighted by molar-refractivity contribution is 6.30. The van der Waals surface area contributed by atoms with Gasteiger partial charge in [-0.2, -0.15) is 5.10 Å². The van der Waals surface area contributed by atoms with Crippen molar-refractivity contribution in [1.82, 2.24) is 25.4 Å². The number of nitrogens with zero attached hydrogens (tertiary/aromatic N) is 3. The number of nitrogens with one attached hydrogen (secondary N) is 2. The molecule has 23 heavy (non-hydrogen) atoms. The number of halogens is 1. The molecule has 1 aromatic heterocycles. The molecular formula is C15H18ClN5O2. The summed E-state index contributed by atoms with van der Waals surface area (Å²) in [6, 6.07) is 3.42. The Labute approximate surface area is 139 Å². The summed E-state index contributed by atoms with van der Waals surface area (Å²) < 4.78 is 7.29. The number of fused-ring (bicyclic) bond motifs is 1. The predicted molar refractivity (Wildman–Crippen MR) is 85.5 cm³/mol. The zero-order chi connectivity index (χ0) is 16.2. The van der Waals surface area contributed by atoms with Gasteiger partial charge in [-0.05, 0) is 24.6 Å². The number of hydrogen-bond donors (Lipinski definition) is 2. The van der Waals surface area contributed by atoms with Crippen LogP contribution in [-0.2, 0) is 19.5 Å². The lowest BCUT2D eigenvalue weighted by molar-refractivity contribution is 0.235. The molecule has 0 radical (unpaired) electrons. The average molecular weight is 336 g/mol. The summed E-state index contributed by atoms with van der Waals surface area (Å²) in [5.41, 5.74) is 1.98. The van der Waals surface area contributed by atoms with Crippen LogP contribution >= 0.6 is 11.6 Å². The Balaban J connectivity index is 1.53. The van der Waals surface area contributed by atoms with Gasteiger partial charge in [0.05, 0.1) is 13.2 Å². The van der Waals surface area contributed by atoms with Crippen LogP contribution in [0.25, 0.3) is 0 Å². The lowest BCUT2D eigenvalue weighted by atomic mass is 10.1. The van der Waals surface area contributed by atoms with Crippen molar-refractivity contribution in [2.24, 2.45) is 0 Å². The van der Waals surface area contributed by atoms with Gasteiger partial charge in [0.15, 0.2) is 0 Å². The standard InChI is InChI=1S/C15H18ClN5O2/c1-10(7-21-9-17-8-19-21)20-15(22)18-6-12-5-13(16)4-11-2-3-23-14(11)12/h4-5,8-10H,2-3,6-7H2,1H3,(H2,18,20,22)/t10-/m0/s1. The number of carbonyl (C=O) groups is 1. The predicted octanol–water partition coefficient (Wildman–Crippen LogP) is 1.75. The van der Waals surface area contributed by atoms with Crippen LogP contribution in [0.2, 0.25) is 5.02 Å². The molecule has 2 aromatic rings. The van der Waals surface area contributed by atoms with E-state index in [1.807, 2.05) is 19.1 Å². The Morgan fingerprint density at radius 1 is 1.52 bits per heavy atom. The first kappa shape index (κ1) is 15.6. The third-order valence-electron chi connectivity index (χ3n) is 3.57. The minimum atomic E-state index is -0.246. The molecule has 1 aliphatic heterocycles. The number of rotatable bonds is 5. The summed E-state index contributed by atoms with van der Waals surface area (Å²) in [6.45, 7) is 3.49. The number of benzene rings is 1. The third-order valence-corrected chi connectivity index (χ3v) is 3.79. The minimum Gasteiger partial charge on any atom is -0.493 e. The smallest absolute Gasteiger partial charge is 0.315 e. The zero-order valence-electron chi connectivity index (χ0n) is 12.8. The van der Waals surface area contributed by atoms with Crippen LogP contribution in [0.4, 0.5) is 4.79 Å².